The number of aliphatic hydroxyl groups is 1. The quantitative estimate of drug-likeness (QED) is 0.608. The van der Waals surface area contributed by atoms with Crippen LogP contribution >= 0.6 is 0 Å². The van der Waals surface area contributed by atoms with Crippen molar-refractivity contribution < 1.29 is 24.9 Å². The molecule has 7 nitrogen and oxygen atoms in total. The Bertz CT molecular complexity index is 483. The Labute approximate surface area is 128 Å². The normalized spacial score (nSPS) is 47.4. The van der Waals surface area contributed by atoms with Gasteiger partial charge in [-0.2, -0.15) is 0 Å². The van der Waals surface area contributed by atoms with E-state index in [0.717, 1.165) is 19.3 Å². The van der Waals surface area contributed by atoms with Gasteiger partial charge in [-0.1, -0.05) is 6.92 Å². The van der Waals surface area contributed by atoms with Crippen LogP contribution in [0.2, 0.25) is 0 Å². The van der Waals surface area contributed by atoms with E-state index < -0.39 is 23.1 Å². The molecule has 0 bridgehead atoms. The Morgan fingerprint density at radius 3 is 2.59 bits per heavy atom. The largest absolute Gasteiger partial charge is 0.481 e. The van der Waals surface area contributed by atoms with Crippen LogP contribution in [0.4, 0.5) is 0 Å². The third-order valence-electron chi connectivity index (χ3n) is 6.58. The standard InChI is InChI=1S/C15H23NO6/c1-15-7-6-9-8(2-4-11(17)13(9)14(18)19)10(15)3-5-12(15)22-16(20)21/h8-13,17H,2-7H2,1H3,(H,18,19)/t8?,9?,10?,11-,12?,13-,15?/m1/s1. The van der Waals surface area contributed by atoms with Crippen LogP contribution in [-0.2, 0) is 9.63 Å². The fourth-order valence-electron chi connectivity index (χ4n) is 5.58. The molecule has 0 aromatic heterocycles. The van der Waals surface area contributed by atoms with Gasteiger partial charge in [0.05, 0.1) is 12.0 Å². The molecule has 3 saturated carbocycles. The van der Waals surface area contributed by atoms with Crippen molar-refractivity contribution in [2.45, 2.75) is 57.7 Å². The topological polar surface area (TPSA) is 110 Å². The molecule has 0 saturated heterocycles. The van der Waals surface area contributed by atoms with Gasteiger partial charge >= 0.3 is 5.97 Å². The number of carboxylic acid groups (broad SMARTS) is 1. The van der Waals surface area contributed by atoms with Crippen molar-refractivity contribution in [3.63, 3.8) is 0 Å². The van der Waals surface area contributed by atoms with Gasteiger partial charge in [0, 0.05) is 0 Å². The van der Waals surface area contributed by atoms with Gasteiger partial charge in [0.2, 0.25) is 0 Å². The summed E-state index contributed by atoms with van der Waals surface area (Å²) in [7, 11) is 0. The summed E-state index contributed by atoms with van der Waals surface area (Å²) in [6.45, 7) is 2.05. The first-order chi connectivity index (χ1) is 10.3. The van der Waals surface area contributed by atoms with Gasteiger partial charge in [-0.3, -0.25) is 4.79 Å². The zero-order valence-electron chi connectivity index (χ0n) is 12.7. The van der Waals surface area contributed by atoms with E-state index in [2.05, 4.69) is 6.92 Å². The Balaban J connectivity index is 1.83. The number of aliphatic carboxylic acids is 1. The maximum absolute atomic E-state index is 11.5. The molecule has 0 spiro atoms. The number of hydrogen-bond acceptors (Lipinski definition) is 5. The van der Waals surface area contributed by atoms with Gasteiger partial charge < -0.3 is 15.1 Å². The van der Waals surface area contributed by atoms with Gasteiger partial charge in [-0.25, -0.2) is 0 Å². The zero-order chi connectivity index (χ0) is 16.1. The summed E-state index contributed by atoms with van der Waals surface area (Å²) in [6.07, 6.45) is 3.09. The van der Waals surface area contributed by atoms with Crippen LogP contribution in [-0.4, -0.2) is 33.5 Å². The summed E-state index contributed by atoms with van der Waals surface area (Å²) in [6, 6.07) is 0. The van der Waals surface area contributed by atoms with Crippen molar-refractivity contribution in [1.82, 2.24) is 0 Å². The van der Waals surface area contributed by atoms with Crippen molar-refractivity contribution in [1.29, 1.82) is 0 Å². The first-order valence-corrected chi connectivity index (χ1v) is 8.06. The monoisotopic (exact) mass is 313 g/mol. The number of nitrogens with zero attached hydrogens (tertiary/aromatic N) is 1. The van der Waals surface area contributed by atoms with E-state index in [1.807, 2.05) is 0 Å². The highest BCUT2D eigenvalue weighted by atomic mass is 17.0. The summed E-state index contributed by atoms with van der Waals surface area (Å²) in [5.41, 5.74) is -0.250. The van der Waals surface area contributed by atoms with Crippen LogP contribution in [0.1, 0.15) is 45.4 Å². The van der Waals surface area contributed by atoms with Gasteiger partial charge in [0.25, 0.3) is 5.09 Å². The summed E-state index contributed by atoms with van der Waals surface area (Å²) >= 11 is 0. The molecule has 3 fully saturated rings. The van der Waals surface area contributed by atoms with Crippen molar-refractivity contribution in [3.05, 3.63) is 10.1 Å². The van der Waals surface area contributed by atoms with Crippen molar-refractivity contribution in [3.8, 4) is 0 Å². The third kappa shape index (κ3) is 2.26. The van der Waals surface area contributed by atoms with Crippen molar-refractivity contribution in [2.24, 2.45) is 29.1 Å². The van der Waals surface area contributed by atoms with Gasteiger partial charge in [-0.05, 0) is 61.7 Å². The highest BCUT2D eigenvalue weighted by molar-refractivity contribution is 5.71. The SMILES string of the molecule is CC12CCC3C(CC[C@@H](O)[C@@H]3C(=O)O)C1CCC2O[N+](=O)[O-]. The summed E-state index contributed by atoms with van der Waals surface area (Å²) < 4.78 is 0. The number of hydrogen-bond donors (Lipinski definition) is 2. The molecular formula is C15H23NO6. The first kappa shape index (κ1) is 15.5. The summed E-state index contributed by atoms with van der Waals surface area (Å²) in [5, 5.41) is 29.5. The smallest absolute Gasteiger partial charge is 0.309 e. The molecular weight excluding hydrogens is 290 g/mol. The maximum atomic E-state index is 11.5. The Hall–Kier alpha value is -1.37. The highest BCUT2D eigenvalue weighted by Crippen LogP contribution is 2.60. The van der Waals surface area contributed by atoms with Crippen LogP contribution in [0.5, 0.6) is 0 Å². The lowest BCUT2D eigenvalue weighted by atomic mass is 9.53. The van der Waals surface area contributed by atoms with Gasteiger partial charge in [0.1, 0.15) is 6.10 Å². The van der Waals surface area contributed by atoms with Gasteiger partial charge in [-0.15, -0.1) is 10.1 Å². The van der Waals surface area contributed by atoms with E-state index in [9.17, 15) is 25.1 Å². The molecule has 0 aliphatic heterocycles. The molecule has 3 aliphatic carbocycles. The lowest BCUT2D eigenvalue weighted by Crippen LogP contribution is -2.52. The summed E-state index contributed by atoms with van der Waals surface area (Å²) in [5.74, 6) is -1.15. The predicted molar refractivity (Wildman–Crippen MR) is 75.3 cm³/mol. The number of carbonyl (C=O) groups is 1. The van der Waals surface area contributed by atoms with Crippen molar-refractivity contribution in [2.75, 3.05) is 0 Å². The van der Waals surface area contributed by atoms with Crippen LogP contribution < -0.4 is 0 Å². The molecule has 0 amide bonds. The molecule has 3 aliphatic rings. The molecule has 7 atom stereocenters. The Morgan fingerprint density at radius 2 is 1.95 bits per heavy atom. The highest BCUT2D eigenvalue weighted by Gasteiger charge is 2.58. The van der Waals surface area contributed by atoms with E-state index in [-0.39, 0.29) is 29.3 Å². The number of carboxylic acids is 1. The molecule has 0 aromatic carbocycles. The molecule has 0 heterocycles. The van der Waals surface area contributed by atoms with E-state index >= 15 is 0 Å². The Kier molecular flexibility index (Phi) is 3.79. The average Bonchev–Trinajstić information content (AvgIpc) is 2.75. The minimum Gasteiger partial charge on any atom is -0.481 e. The second kappa shape index (κ2) is 5.37. The van der Waals surface area contributed by atoms with E-state index in [1.54, 1.807) is 0 Å². The maximum Gasteiger partial charge on any atom is 0.309 e. The first-order valence-electron chi connectivity index (χ1n) is 8.06. The van der Waals surface area contributed by atoms with E-state index in [4.69, 9.17) is 4.84 Å². The second-order valence-corrected chi connectivity index (χ2v) is 7.38. The number of rotatable bonds is 3. The second-order valence-electron chi connectivity index (χ2n) is 7.38. The molecule has 5 unspecified atom stereocenters. The molecule has 124 valence electrons. The van der Waals surface area contributed by atoms with E-state index in [0.29, 0.717) is 19.3 Å². The lowest BCUT2D eigenvalue weighted by Gasteiger charge is -2.52. The number of fused-ring (bicyclic) bond motifs is 3. The van der Waals surface area contributed by atoms with E-state index in [1.165, 1.54) is 0 Å². The minimum atomic E-state index is -0.915. The third-order valence-corrected chi connectivity index (χ3v) is 6.58. The molecule has 22 heavy (non-hydrogen) atoms. The average molecular weight is 313 g/mol. The fourth-order valence-corrected chi connectivity index (χ4v) is 5.58. The molecule has 0 radical (unpaired) electrons. The van der Waals surface area contributed by atoms with Crippen LogP contribution in [0, 0.1) is 39.2 Å². The molecule has 3 rings (SSSR count). The van der Waals surface area contributed by atoms with Crippen LogP contribution in [0.3, 0.4) is 0 Å². The Morgan fingerprint density at radius 1 is 1.23 bits per heavy atom. The number of aliphatic hydroxyl groups excluding tert-OH is 1. The summed E-state index contributed by atoms with van der Waals surface area (Å²) in [4.78, 5) is 27.2. The lowest BCUT2D eigenvalue weighted by molar-refractivity contribution is -0.772. The predicted octanol–water partition coefficient (Wildman–Crippen LogP) is 1.86. The molecule has 2 N–H and O–H groups in total. The minimum absolute atomic E-state index is 0.0197. The van der Waals surface area contributed by atoms with Crippen LogP contribution in [0.25, 0.3) is 0 Å². The fraction of sp³-hybridized carbons (Fsp3) is 0.933. The van der Waals surface area contributed by atoms with Crippen molar-refractivity contribution >= 4 is 5.97 Å². The zero-order valence-corrected chi connectivity index (χ0v) is 12.7. The van der Waals surface area contributed by atoms with Crippen LogP contribution in [0.15, 0.2) is 0 Å². The molecule has 7 heteroatoms. The van der Waals surface area contributed by atoms with Gasteiger partial charge in [0.15, 0.2) is 0 Å². The molecule has 0 aromatic rings.